The fourth-order valence-corrected chi connectivity index (χ4v) is 3.61. The van der Waals surface area contributed by atoms with Crippen molar-refractivity contribution in [3.8, 4) is 0 Å². The van der Waals surface area contributed by atoms with Gasteiger partial charge in [-0.25, -0.2) is 0 Å². The van der Waals surface area contributed by atoms with Gasteiger partial charge in [0, 0.05) is 18.2 Å². The van der Waals surface area contributed by atoms with Crippen LogP contribution in [-0.2, 0) is 17.1 Å². The predicted molar refractivity (Wildman–Crippen MR) is 93.2 cm³/mol. The third-order valence-corrected chi connectivity index (χ3v) is 4.98. The van der Waals surface area contributed by atoms with Crippen LogP contribution in [0.15, 0.2) is 16.5 Å². The van der Waals surface area contributed by atoms with Crippen molar-refractivity contribution in [3.05, 3.63) is 23.7 Å². The maximum Gasteiger partial charge on any atom is 0.223 e. The van der Waals surface area contributed by atoms with Crippen LogP contribution >= 0.6 is 11.8 Å². The Labute approximate surface area is 142 Å². The number of furan rings is 1. The van der Waals surface area contributed by atoms with Gasteiger partial charge >= 0.3 is 0 Å². The van der Waals surface area contributed by atoms with Crippen LogP contribution in [0.2, 0.25) is 0 Å². The second-order valence-corrected chi connectivity index (χ2v) is 7.57. The summed E-state index contributed by atoms with van der Waals surface area (Å²) in [5.74, 6) is 3.73. The van der Waals surface area contributed by atoms with Crippen molar-refractivity contribution < 1.29 is 14.3 Å². The van der Waals surface area contributed by atoms with E-state index < -0.39 is 0 Å². The summed E-state index contributed by atoms with van der Waals surface area (Å²) >= 11 is 1.76. The number of nitrogens with zero attached hydrogens (tertiary/aromatic N) is 1. The molecular weight excluding hydrogens is 312 g/mol. The zero-order chi connectivity index (χ0) is 16.7. The Morgan fingerprint density at radius 2 is 2.17 bits per heavy atom. The van der Waals surface area contributed by atoms with E-state index in [4.69, 9.17) is 4.42 Å². The lowest BCUT2D eigenvalue weighted by atomic mass is 9.87. The van der Waals surface area contributed by atoms with Crippen LogP contribution in [0.25, 0.3) is 0 Å². The first-order chi connectivity index (χ1) is 11.0. The molecule has 1 aromatic heterocycles. The molecule has 5 nitrogen and oxygen atoms in total. The van der Waals surface area contributed by atoms with Crippen LogP contribution in [0.4, 0.5) is 0 Å². The van der Waals surface area contributed by atoms with Crippen LogP contribution in [-0.4, -0.2) is 48.4 Å². The largest absolute Gasteiger partial charge is 0.464 e. The Morgan fingerprint density at radius 3 is 2.91 bits per heavy atom. The predicted octanol–water partition coefficient (Wildman–Crippen LogP) is 2.24. The molecule has 2 rings (SSSR count). The van der Waals surface area contributed by atoms with Gasteiger partial charge in [0.15, 0.2) is 0 Å². The molecule has 23 heavy (non-hydrogen) atoms. The molecular formula is C17H28N2O3S. The molecule has 0 aromatic carbocycles. The molecule has 0 saturated heterocycles. The standard InChI is InChI=1S/C17H28N2O3S/c1-19(2)11-15-6-7-16(22-15)12-23-9-8-18-17(21)13-4-3-5-14(20)10-13/h6-7,13-14,20H,3-5,8-12H2,1-2H3,(H,18,21)/t13-,14-/m0/s1. The number of rotatable bonds is 8. The summed E-state index contributed by atoms with van der Waals surface area (Å²) in [5, 5.41) is 12.6. The van der Waals surface area contributed by atoms with Gasteiger partial charge in [0.05, 0.1) is 18.4 Å². The van der Waals surface area contributed by atoms with Gasteiger partial charge in [-0.3, -0.25) is 4.79 Å². The molecule has 0 bridgehead atoms. The molecule has 0 aliphatic heterocycles. The first kappa shape index (κ1) is 18.4. The molecule has 0 radical (unpaired) electrons. The average Bonchev–Trinajstić information content (AvgIpc) is 2.93. The van der Waals surface area contributed by atoms with Crippen molar-refractivity contribution in [1.82, 2.24) is 10.2 Å². The average molecular weight is 340 g/mol. The van der Waals surface area contributed by atoms with Crippen LogP contribution in [0.1, 0.15) is 37.2 Å². The zero-order valence-electron chi connectivity index (χ0n) is 14.1. The van der Waals surface area contributed by atoms with Crippen molar-refractivity contribution in [1.29, 1.82) is 0 Å². The zero-order valence-corrected chi connectivity index (χ0v) is 14.9. The number of carbonyl (C=O) groups excluding carboxylic acids is 1. The van der Waals surface area contributed by atoms with Gasteiger partial charge in [-0.05, 0) is 45.5 Å². The van der Waals surface area contributed by atoms with E-state index in [1.165, 1.54) is 0 Å². The van der Waals surface area contributed by atoms with E-state index in [9.17, 15) is 9.90 Å². The Morgan fingerprint density at radius 1 is 1.39 bits per heavy atom. The van der Waals surface area contributed by atoms with E-state index in [2.05, 4.69) is 10.2 Å². The molecule has 130 valence electrons. The molecule has 1 saturated carbocycles. The van der Waals surface area contributed by atoms with E-state index >= 15 is 0 Å². The van der Waals surface area contributed by atoms with Crippen molar-refractivity contribution in [3.63, 3.8) is 0 Å². The maximum atomic E-state index is 12.0. The third-order valence-electron chi connectivity index (χ3n) is 4.00. The van der Waals surface area contributed by atoms with Gasteiger partial charge in [0.2, 0.25) is 5.91 Å². The van der Waals surface area contributed by atoms with Crippen molar-refractivity contribution in [2.24, 2.45) is 5.92 Å². The van der Waals surface area contributed by atoms with E-state index in [0.717, 1.165) is 48.8 Å². The molecule has 1 aliphatic carbocycles. The summed E-state index contributed by atoms with van der Waals surface area (Å²) in [4.78, 5) is 14.1. The lowest BCUT2D eigenvalue weighted by Crippen LogP contribution is -2.36. The molecule has 2 N–H and O–H groups in total. The lowest BCUT2D eigenvalue weighted by molar-refractivity contribution is -0.127. The van der Waals surface area contributed by atoms with Gasteiger partial charge < -0.3 is 19.7 Å². The van der Waals surface area contributed by atoms with Gasteiger partial charge in [-0.15, -0.1) is 0 Å². The van der Waals surface area contributed by atoms with Gasteiger partial charge in [0.1, 0.15) is 11.5 Å². The van der Waals surface area contributed by atoms with Crippen LogP contribution < -0.4 is 5.32 Å². The molecule has 1 fully saturated rings. The number of thioether (sulfide) groups is 1. The summed E-state index contributed by atoms with van der Waals surface area (Å²) < 4.78 is 5.75. The summed E-state index contributed by atoms with van der Waals surface area (Å²) in [6.07, 6.45) is 2.99. The summed E-state index contributed by atoms with van der Waals surface area (Å²) in [5.41, 5.74) is 0. The molecule has 0 spiro atoms. The van der Waals surface area contributed by atoms with E-state index in [-0.39, 0.29) is 17.9 Å². The van der Waals surface area contributed by atoms with Crippen LogP contribution in [0, 0.1) is 5.92 Å². The van der Waals surface area contributed by atoms with E-state index in [1.54, 1.807) is 11.8 Å². The quantitative estimate of drug-likeness (QED) is 0.711. The second-order valence-electron chi connectivity index (χ2n) is 6.47. The fourth-order valence-electron chi connectivity index (χ4n) is 2.86. The Bertz CT molecular complexity index is 490. The van der Waals surface area contributed by atoms with E-state index in [0.29, 0.717) is 13.0 Å². The molecule has 1 amide bonds. The van der Waals surface area contributed by atoms with Crippen LogP contribution in [0.5, 0.6) is 0 Å². The number of hydrogen-bond acceptors (Lipinski definition) is 5. The highest BCUT2D eigenvalue weighted by molar-refractivity contribution is 7.98. The number of aliphatic hydroxyl groups is 1. The molecule has 2 atom stereocenters. The number of carbonyl (C=O) groups is 1. The minimum Gasteiger partial charge on any atom is -0.464 e. The van der Waals surface area contributed by atoms with Gasteiger partial charge in [0.25, 0.3) is 0 Å². The second kappa shape index (κ2) is 9.35. The first-order valence-corrected chi connectivity index (χ1v) is 9.46. The molecule has 6 heteroatoms. The number of aliphatic hydroxyl groups excluding tert-OH is 1. The minimum atomic E-state index is -0.302. The first-order valence-electron chi connectivity index (χ1n) is 8.30. The highest BCUT2D eigenvalue weighted by Gasteiger charge is 2.25. The normalized spacial score (nSPS) is 21.6. The molecule has 1 aliphatic rings. The highest BCUT2D eigenvalue weighted by atomic mass is 32.2. The SMILES string of the molecule is CN(C)Cc1ccc(CSCCNC(=O)[C@H]2CCC[C@H](O)C2)o1. The van der Waals surface area contributed by atoms with E-state index in [1.807, 2.05) is 26.2 Å². The third kappa shape index (κ3) is 6.57. The number of nitrogens with one attached hydrogen (secondary N) is 1. The van der Waals surface area contributed by atoms with Crippen molar-refractivity contribution in [2.45, 2.75) is 44.1 Å². The highest BCUT2D eigenvalue weighted by Crippen LogP contribution is 2.24. The Balaban J connectivity index is 1.58. The fraction of sp³-hybridized carbons (Fsp3) is 0.706. The molecule has 1 aromatic rings. The number of hydrogen-bond donors (Lipinski definition) is 2. The minimum absolute atomic E-state index is 0.0117. The molecule has 1 heterocycles. The monoisotopic (exact) mass is 340 g/mol. The van der Waals surface area contributed by atoms with Gasteiger partial charge in [-0.2, -0.15) is 11.8 Å². The van der Waals surface area contributed by atoms with Crippen molar-refractivity contribution >= 4 is 17.7 Å². The van der Waals surface area contributed by atoms with Gasteiger partial charge in [-0.1, -0.05) is 6.42 Å². The lowest BCUT2D eigenvalue weighted by Gasteiger charge is -2.24. The topological polar surface area (TPSA) is 65.7 Å². The summed E-state index contributed by atoms with van der Waals surface area (Å²) in [7, 11) is 4.04. The molecule has 0 unspecified atom stereocenters. The Kier molecular flexibility index (Phi) is 7.46. The summed E-state index contributed by atoms with van der Waals surface area (Å²) in [6.45, 7) is 1.48. The van der Waals surface area contributed by atoms with Crippen LogP contribution in [0.3, 0.4) is 0 Å². The summed E-state index contributed by atoms with van der Waals surface area (Å²) in [6, 6.07) is 4.04. The smallest absolute Gasteiger partial charge is 0.223 e. The number of amides is 1. The van der Waals surface area contributed by atoms with Crippen molar-refractivity contribution in [2.75, 3.05) is 26.4 Å². The Hall–Kier alpha value is -0.980. The maximum absolute atomic E-state index is 12.0.